The van der Waals surface area contributed by atoms with Crippen LogP contribution in [-0.4, -0.2) is 27.9 Å². The summed E-state index contributed by atoms with van der Waals surface area (Å²) >= 11 is 0. The molecule has 0 bridgehead atoms. The van der Waals surface area contributed by atoms with Gasteiger partial charge < -0.3 is 17.6 Å². The molecule has 2 aromatic rings. The molecular formula is C22H23BF2N2O. The molecule has 0 N–H and O–H groups in total. The molecule has 0 saturated heterocycles. The Kier molecular flexibility index (Phi) is 3.90. The highest BCUT2D eigenvalue weighted by Crippen LogP contribution is 2.39. The van der Waals surface area contributed by atoms with Gasteiger partial charge in [-0.15, -0.1) is 0 Å². The van der Waals surface area contributed by atoms with E-state index in [1.54, 1.807) is 45.9 Å². The maximum atomic E-state index is 15.7. The fourth-order valence-corrected chi connectivity index (χ4v) is 3.86. The number of hydrogen-bond donors (Lipinski definition) is 0. The lowest BCUT2D eigenvalue weighted by atomic mass is 9.85. The summed E-state index contributed by atoms with van der Waals surface area (Å²) < 4.78 is 33.4. The van der Waals surface area contributed by atoms with E-state index >= 15 is 8.63 Å². The van der Waals surface area contributed by atoms with Crippen molar-refractivity contribution >= 4 is 25.0 Å². The molecule has 0 spiro atoms. The van der Waals surface area contributed by atoms with Gasteiger partial charge in [0, 0.05) is 28.5 Å². The molecule has 3 heterocycles. The first-order valence-corrected chi connectivity index (χ1v) is 9.43. The van der Waals surface area contributed by atoms with Crippen molar-refractivity contribution in [1.29, 1.82) is 0 Å². The van der Waals surface area contributed by atoms with E-state index in [2.05, 4.69) is 0 Å². The molecule has 2 aliphatic heterocycles. The van der Waals surface area contributed by atoms with E-state index in [0.717, 1.165) is 20.1 Å². The number of fused-ring (bicyclic) bond motifs is 2. The number of carbonyl (C=O) groups is 1. The molecular weight excluding hydrogens is 357 g/mol. The minimum atomic E-state index is -4.11. The Morgan fingerprint density at radius 2 is 1.68 bits per heavy atom. The molecule has 0 saturated carbocycles. The minimum Gasteiger partial charge on any atom is -0.390 e. The zero-order valence-corrected chi connectivity index (χ0v) is 16.8. The van der Waals surface area contributed by atoms with E-state index in [1.807, 2.05) is 31.2 Å². The van der Waals surface area contributed by atoms with Crippen molar-refractivity contribution in [3.8, 4) is 11.3 Å². The number of Topliss-reactive ketones (excluding diaryl/α,β-unsaturated/α-hetero) is 1. The zero-order valence-electron chi connectivity index (χ0n) is 16.8. The number of aromatic nitrogens is 1. The van der Waals surface area contributed by atoms with Gasteiger partial charge in [-0.1, -0.05) is 50.6 Å². The van der Waals surface area contributed by atoms with Crippen LogP contribution in [0.25, 0.3) is 17.3 Å². The third-order valence-corrected chi connectivity index (χ3v) is 5.49. The van der Waals surface area contributed by atoms with Gasteiger partial charge in [-0.2, -0.15) is 0 Å². The number of halogens is 2. The van der Waals surface area contributed by atoms with Crippen LogP contribution in [0.5, 0.6) is 0 Å². The van der Waals surface area contributed by atoms with Crippen molar-refractivity contribution < 1.29 is 17.9 Å². The van der Waals surface area contributed by atoms with E-state index in [0.29, 0.717) is 28.2 Å². The topological polar surface area (TPSA) is 25.0 Å². The van der Waals surface area contributed by atoms with Gasteiger partial charge in [0.05, 0.1) is 5.57 Å². The first-order chi connectivity index (χ1) is 13.0. The minimum absolute atomic E-state index is 0.129. The second-order valence-corrected chi connectivity index (χ2v) is 8.65. The van der Waals surface area contributed by atoms with Crippen molar-refractivity contribution in [2.45, 2.75) is 34.6 Å². The number of carbonyl (C=O) groups excluding carboxylic acids is 1. The maximum Gasteiger partial charge on any atom is 0.737 e. The fourth-order valence-electron chi connectivity index (χ4n) is 3.86. The van der Waals surface area contributed by atoms with Gasteiger partial charge in [0.2, 0.25) is 0 Å². The number of nitrogens with zero attached hydrogens (tertiary/aromatic N) is 2. The molecule has 28 heavy (non-hydrogen) atoms. The summed E-state index contributed by atoms with van der Waals surface area (Å²) in [5.74, 6) is -0.129. The second kappa shape index (κ2) is 5.87. The molecule has 0 fully saturated rings. The summed E-state index contributed by atoms with van der Waals surface area (Å²) in [6, 6.07) is 11.0. The second-order valence-electron chi connectivity index (χ2n) is 8.65. The highest BCUT2D eigenvalue weighted by Gasteiger charge is 2.53. The monoisotopic (exact) mass is 380 g/mol. The van der Waals surface area contributed by atoms with Crippen LogP contribution in [-0.2, 0) is 4.79 Å². The van der Waals surface area contributed by atoms with E-state index in [9.17, 15) is 4.79 Å². The van der Waals surface area contributed by atoms with Gasteiger partial charge in [0.15, 0.2) is 11.5 Å². The van der Waals surface area contributed by atoms with Crippen LogP contribution in [0.4, 0.5) is 8.63 Å². The van der Waals surface area contributed by atoms with Crippen molar-refractivity contribution in [2.24, 2.45) is 5.41 Å². The number of allylic oxidation sites excluding steroid dienone is 2. The molecule has 0 amide bonds. The zero-order chi connectivity index (χ0) is 20.4. The summed E-state index contributed by atoms with van der Waals surface area (Å²) in [5.41, 5.74) is 3.47. The molecule has 3 nitrogen and oxygen atoms in total. The van der Waals surface area contributed by atoms with E-state index < -0.39 is 12.4 Å². The normalized spacial score (nSPS) is 17.8. The van der Waals surface area contributed by atoms with Crippen LogP contribution in [0.3, 0.4) is 0 Å². The lowest BCUT2D eigenvalue weighted by molar-refractivity contribution is -0.357. The smallest absolute Gasteiger partial charge is 0.390 e. The molecule has 4 rings (SSSR count). The Labute approximate surface area is 163 Å². The van der Waals surface area contributed by atoms with Gasteiger partial charge in [0.25, 0.3) is 0 Å². The number of hydrogen-bond acceptors (Lipinski definition) is 1. The van der Waals surface area contributed by atoms with Crippen molar-refractivity contribution in [3.05, 3.63) is 64.5 Å². The molecule has 0 unspecified atom stereocenters. The molecule has 144 valence electrons. The van der Waals surface area contributed by atoms with Crippen LogP contribution in [0.1, 0.15) is 39.0 Å². The van der Waals surface area contributed by atoms with Crippen LogP contribution in [0.15, 0.2) is 53.2 Å². The molecule has 1 aromatic carbocycles. The predicted octanol–water partition coefficient (Wildman–Crippen LogP) is 5.07. The average molecular weight is 380 g/mol. The van der Waals surface area contributed by atoms with E-state index in [1.165, 1.54) is 6.21 Å². The van der Waals surface area contributed by atoms with Crippen LogP contribution in [0, 0.1) is 12.3 Å². The van der Waals surface area contributed by atoms with Gasteiger partial charge in [-0.25, -0.2) is 0 Å². The Morgan fingerprint density at radius 3 is 2.29 bits per heavy atom. The van der Waals surface area contributed by atoms with Crippen LogP contribution < -0.4 is 0 Å². The predicted molar refractivity (Wildman–Crippen MR) is 109 cm³/mol. The van der Waals surface area contributed by atoms with Crippen LogP contribution >= 0.6 is 0 Å². The Bertz CT molecular complexity index is 1100. The summed E-state index contributed by atoms with van der Waals surface area (Å²) in [5, 5.41) is 0. The largest absolute Gasteiger partial charge is 0.737 e. The van der Waals surface area contributed by atoms with Crippen molar-refractivity contribution in [3.63, 3.8) is 0 Å². The highest BCUT2D eigenvalue weighted by molar-refractivity contribution is 6.58. The molecule has 6 heteroatoms. The summed E-state index contributed by atoms with van der Waals surface area (Å²) in [4.78, 5) is 12.8. The SMILES string of the molecule is CC1=C(C(=O)C(C)(C)C)C=[N+]2C1=Cc1ccc(-c3ccc(C)cc3)n1[B-]2(F)F. The van der Waals surface area contributed by atoms with Crippen LogP contribution in [0.2, 0.25) is 0 Å². The van der Waals surface area contributed by atoms with E-state index in [-0.39, 0.29) is 5.78 Å². The number of aryl methyl sites for hydroxylation is 1. The lowest BCUT2D eigenvalue weighted by Crippen LogP contribution is -2.49. The molecule has 0 atom stereocenters. The Balaban J connectivity index is 1.87. The molecule has 0 aliphatic carbocycles. The molecule has 1 aromatic heterocycles. The first-order valence-electron chi connectivity index (χ1n) is 9.43. The third kappa shape index (κ3) is 2.62. The summed E-state index contributed by atoms with van der Waals surface area (Å²) in [7, 11) is 0. The standard InChI is InChI=1S/C22H23BF2N2O/c1-14-6-8-16(9-7-14)19-11-10-17-12-20-15(2)18(21(28)22(3,4)5)13-26(20)23(24,25)27(17)19/h6-13H,1-5H3. The lowest BCUT2D eigenvalue weighted by Gasteiger charge is -2.30. The number of rotatable bonds is 2. The average Bonchev–Trinajstić information content (AvgIpc) is 3.18. The van der Waals surface area contributed by atoms with Gasteiger partial charge in [-0.05, 0) is 31.5 Å². The van der Waals surface area contributed by atoms with Gasteiger partial charge >= 0.3 is 6.97 Å². The van der Waals surface area contributed by atoms with Gasteiger partial charge in [0.1, 0.15) is 6.21 Å². The summed E-state index contributed by atoms with van der Waals surface area (Å²) in [6.45, 7) is 5.00. The van der Waals surface area contributed by atoms with Gasteiger partial charge in [-0.3, -0.25) is 4.79 Å². The number of benzene rings is 1. The number of ketones is 1. The molecule has 2 aliphatic rings. The maximum absolute atomic E-state index is 15.7. The Hall–Kier alpha value is -2.76. The first kappa shape index (κ1) is 18.6. The van der Waals surface area contributed by atoms with E-state index in [4.69, 9.17) is 0 Å². The van der Waals surface area contributed by atoms with Crippen molar-refractivity contribution in [1.82, 2.24) is 4.48 Å². The van der Waals surface area contributed by atoms with Crippen molar-refractivity contribution in [2.75, 3.05) is 0 Å². The quantitative estimate of drug-likeness (QED) is 0.668. The fraction of sp³-hybridized carbons (Fsp3) is 0.273. The third-order valence-electron chi connectivity index (χ3n) is 5.49. The molecule has 0 radical (unpaired) electrons. The Morgan fingerprint density at radius 1 is 1.04 bits per heavy atom. The highest BCUT2D eigenvalue weighted by atomic mass is 19.2. The summed E-state index contributed by atoms with van der Waals surface area (Å²) in [6.07, 6.45) is 3.07.